The van der Waals surface area contributed by atoms with E-state index in [4.69, 9.17) is 4.74 Å². The standard InChI is InChI=1S/C20H20N4O3/c1-3-27-16-8-6-15(7-9-16)17-10-11-19(26)24(23-17)13-18(25)22-20-14(2)5-4-12-21-20/h4-12H,3,13H2,1-2H3,(H,21,22,25). The Morgan fingerprint density at radius 1 is 1.15 bits per heavy atom. The van der Waals surface area contributed by atoms with Crippen LogP contribution in [0, 0.1) is 6.92 Å². The van der Waals surface area contributed by atoms with Crippen molar-refractivity contribution in [2.75, 3.05) is 11.9 Å². The first-order valence-electron chi connectivity index (χ1n) is 8.59. The molecule has 0 atom stereocenters. The lowest BCUT2D eigenvalue weighted by molar-refractivity contribution is -0.117. The lowest BCUT2D eigenvalue weighted by Gasteiger charge is -2.09. The lowest BCUT2D eigenvalue weighted by Crippen LogP contribution is -2.29. The summed E-state index contributed by atoms with van der Waals surface area (Å²) in [6.45, 7) is 4.16. The first kappa shape index (κ1) is 18.3. The number of nitrogens with one attached hydrogen (secondary N) is 1. The summed E-state index contributed by atoms with van der Waals surface area (Å²) in [4.78, 5) is 28.5. The molecule has 0 aliphatic carbocycles. The van der Waals surface area contributed by atoms with Gasteiger partial charge in [0.05, 0.1) is 12.3 Å². The molecule has 0 saturated carbocycles. The van der Waals surface area contributed by atoms with E-state index in [0.717, 1.165) is 21.6 Å². The normalized spacial score (nSPS) is 10.4. The molecular weight excluding hydrogens is 344 g/mol. The number of amides is 1. The van der Waals surface area contributed by atoms with Crippen molar-refractivity contribution in [2.45, 2.75) is 20.4 Å². The van der Waals surface area contributed by atoms with Crippen LogP contribution < -0.4 is 15.6 Å². The highest BCUT2D eigenvalue weighted by Gasteiger charge is 2.10. The van der Waals surface area contributed by atoms with Crippen LogP contribution in [-0.2, 0) is 11.3 Å². The van der Waals surface area contributed by atoms with Gasteiger partial charge in [-0.3, -0.25) is 9.59 Å². The molecule has 0 aliphatic heterocycles. The van der Waals surface area contributed by atoms with Crippen molar-refractivity contribution in [3.8, 4) is 17.0 Å². The molecule has 2 aromatic heterocycles. The summed E-state index contributed by atoms with van der Waals surface area (Å²) in [5.74, 6) is 0.869. The number of aryl methyl sites for hydroxylation is 1. The Labute approximate surface area is 156 Å². The van der Waals surface area contributed by atoms with Gasteiger partial charge in [0.25, 0.3) is 5.56 Å². The van der Waals surface area contributed by atoms with Crippen molar-refractivity contribution in [1.29, 1.82) is 0 Å². The highest BCUT2D eigenvalue weighted by molar-refractivity contribution is 5.90. The largest absolute Gasteiger partial charge is 0.494 e. The van der Waals surface area contributed by atoms with Gasteiger partial charge in [-0.15, -0.1) is 0 Å². The molecule has 2 heterocycles. The van der Waals surface area contributed by atoms with Crippen molar-refractivity contribution in [1.82, 2.24) is 14.8 Å². The smallest absolute Gasteiger partial charge is 0.267 e. The van der Waals surface area contributed by atoms with Crippen LogP contribution in [-0.4, -0.2) is 27.3 Å². The third-order valence-corrected chi connectivity index (χ3v) is 3.89. The molecule has 7 nitrogen and oxygen atoms in total. The number of hydrogen-bond acceptors (Lipinski definition) is 5. The van der Waals surface area contributed by atoms with E-state index < -0.39 is 0 Å². The van der Waals surface area contributed by atoms with Crippen molar-refractivity contribution in [3.63, 3.8) is 0 Å². The summed E-state index contributed by atoms with van der Waals surface area (Å²) >= 11 is 0. The van der Waals surface area contributed by atoms with Crippen LogP contribution in [0.1, 0.15) is 12.5 Å². The van der Waals surface area contributed by atoms with Gasteiger partial charge in [-0.25, -0.2) is 9.67 Å². The number of pyridine rings is 1. The first-order chi connectivity index (χ1) is 13.1. The third kappa shape index (κ3) is 4.58. The number of nitrogens with zero attached hydrogens (tertiary/aromatic N) is 3. The van der Waals surface area contributed by atoms with Gasteiger partial charge in [-0.1, -0.05) is 6.07 Å². The third-order valence-electron chi connectivity index (χ3n) is 3.89. The van der Waals surface area contributed by atoms with Crippen LogP contribution in [0.2, 0.25) is 0 Å². The van der Waals surface area contributed by atoms with Gasteiger partial charge in [-0.05, 0) is 55.8 Å². The zero-order chi connectivity index (χ0) is 19.2. The molecule has 138 valence electrons. The van der Waals surface area contributed by atoms with Gasteiger partial charge >= 0.3 is 0 Å². The van der Waals surface area contributed by atoms with E-state index in [1.54, 1.807) is 18.3 Å². The highest BCUT2D eigenvalue weighted by Crippen LogP contribution is 2.19. The fraction of sp³-hybridized carbons (Fsp3) is 0.200. The number of rotatable bonds is 6. The van der Waals surface area contributed by atoms with E-state index in [2.05, 4.69) is 15.4 Å². The van der Waals surface area contributed by atoms with Crippen molar-refractivity contribution in [3.05, 3.63) is 70.6 Å². The van der Waals surface area contributed by atoms with Crippen LogP contribution in [0.3, 0.4) is 0 Å². The summed E-state index contributed by atoms with van der Waals surface area (Å²) in [5, 5.41) is 7.00. The van der Waals surface area contributed by atoms with Crippen LogP contribution in [0.4, 0.5) is 5.82 Å². The van der Waals surface area contributed by atoms with Gasteiger partial charge in [0.15, 0.2) is 0 Å². The number of benzene rings is 1. The maximum atomic E-state index is 12.3. The van der Waals surface area contributed by atoms with Gasteiger partial charge in [-0.2, -0.15) is 5.10 Å². The Bertz CT molecular complexity index is 997. The second-order valence-corrected chi connectivity index (χ2v) is 5.89. The predicted molar refractivity (Wildman–Crippen MR) is 103 cm³/mol. The number of carbonyl (C=O) groups is 1. The van der Waals surface area contributed by atoms with E-state index >= 15 is 0 Å². The van der Waals surface area contributed by atoms with Crippen LogP contribution in [0.25, 0.3) is 11.3 Å². The monoisotopic (exact) mass is 364 g/mol. The fourth-order valence-corrected chi connectivity index (χ4v) is 2.53. The summed E-state index contributed by atoms with van der Waals surface area (Å²) < 4.78 is 6.56. The average Bonchev–Trinajstić information content (AvgIpc) is 2.66. The van der Waals surface area contributed by atoms with E-state index in [1.807, 2.05) is 44.2 Å². The van der Waals surface area contributed by atoms with E-state index in [-0.39, 0.29) is 18.0 Å². The van der Waals surface area contributed by atoms with Crippen LogP contribution in [0.15, 0.2) is 59.5 Å². The minimum absolute atomic E-state index is 0.195. The Morgan fingerprint density at radius 2 is 1.93 bits per heavy atom. The quantitative estimate of drug-likeness (QED) is 0.727. The van der Waals surface area contributed by atoms with Gasteiger partial charge in [0.1, 0.15) is 18.1 Å². The van der Waals surface area contributed by atoms with Crippen molar-refractivity contribution >= 4 is 11.7 Å². The first-order valence-corrected chi connectivity index (χ1v) is 8.59. The molecule has 0 aliphatic rings. The molecule has 0 fully saturated rings. The van der Waals surface area contributed by atoms with Gasteiger partial charge in [0, 0.05) is 17.8 Å². The molecule has 0 spiro atoms. The Kier molecular flexibility index (Phi) is 5.61. The molecule has 3 aromatic rings. The molecule has 3 rings (SSSR count). The Balaban J connectivity index is 1.78. The molecule has 0 bridgehead atoms. The van der Waals surface area contributed by atoms with Crippen molar-refractivity contribution < 1.29 is 9.53 Å². The summed E-state index contributed by atoms with van der Waals surface area (Å²) in [6, 6.07) is 14.1. The SMILES string of the molecule is CCOc1ccc(-c2ccc(=O)n(CC(=O)Nc3ncccc3C)n2)cc1. The second kappa shape index (κ2) is 8.27. The maximum Gasteiger partial charge on any atom is 0.267 e. The zero-order valence-electron chi connectivity index (χ0n) is 15.2. The molecule has 1 aromatic carbocycles. The number of aromatic nitrogens is 3. The molecule has 0 unspecified atom stereocenters. The number of carbonyl (C=O) groups excluding carboxylic acids is 1. The predicted octanol–water partition coefficient (Wildman–Crippen LogP) is 2.65. The van der Waals surface area contributed by atoms with Crippen molar-refractivity contribution in [2.24, 2.45) is 0 Å². The van der Waals surface area contributed by atoms with E-state index in [0.29, 0.717) is 18.1 Å². The fourth-order valence-electron chi connectivity index (χ4n) is 2.53. The Hall–Kier alpha value is -3.48. The second-order valence-electron chi connectivity index (χ2n) is 5.89. The minimum atomic E-state index is -0.366. The number of hydrogen-bond donors (Lipinski definition) is 1. The molecule has 7 heteroatoms. The van der Waals surface area contributed by atoms with Crippen LogP contribution in [0.5, 0.6) is 5.75 Å². The minimum Gasteiger partial charge on any atom is -0.494 e. The molecule has 1 N–H and O–H groups in total. The summed E-state index contributed by atoms with van der Waals surface area (Å²) in [5.41, 5.74) is 1.92. The summed E-state index contributed by atoms with van der Waals surface area (Å²) in [6.07, 6.45) is 1.60. The molecule has 27 heavy (non-hydrogen) atoms. The van der Waals surface area contributed by atoms with Crippen LogP contribution >= 0.6 is 0 Å². The molecule has 1 amide bonds. The zero-order valence-corrected chi connectivity index (χ0v) is 15.2. The summed E-state index contributed by atoms with van der Waals surface area (Å²) in [7, 11) is 0. The molecule has 0 saturated heterocycles. The Morgan fingerprint density at radius 3 is 2.63 bits per heavy atom. The molecular formula is C20H20N4O3. The van der Waals surface area contributed by atoms with E-state index in [9.17, 15) is 9.59 Å². The number of anilines is 1. The highest BCUT2D eigenvalue weighted by atomic mass is 16.5. The topological polar surface area (TPSA) is 86.1 Å². The number of ether oxygens (including phenoxy) is 1. The van der Waals surface area contributed by atoms with Gasteiger partial charge < -0.3 is 10.1 Å². The van der Waals surface area contributed by atoms with Gasteiger partial charge in [0.2, 0.25) is 5.91 Å². The maximum absolute atomic E-state index is 12.3. The molecule has 0 radical (unpaired) electrons. The lowest BCUT2D eigenvalue weighted by atomic mass is 10.1. The van der Waals surface area contributed by atoms with E-state index in [1.165, 1.54) is 6.07 Å². The average molecular weight is 364 g/mol.